The van der Waals surface area contributed by atoms with Crippen LogP contribution in [-0.4, -0.2) is 16.7 Å². The topological polar surface area (TPSA) is 47.9 Å². The molecule has 4 N–H and O–H groups in total. The maximum absolute atomic E-state index is 10.5. The van der Waals surface area contributed by atoms with Crippen molar-refractivity contribution in [2.75, 3.05) is 0 Å². The smallest absolute Gasteiger partial charge is 0.123 e. The van der Waals surface area contributed by atoms with Gasteiger partial charge in [-0.05, 0) is 18.4 Å². The van der Waals surface area contributed by atoms with Crippen LogP contribution in [0.1, 0.15) is 18.4 Å². The Bertz CT molecular complexity index is 348. The fourth-order valence-corrected chi connectivity index (χ4v) is 2.01. The lowest BCUT2D eigenvalue weighted by atomic mass is 9.84. The highest BCUT2D eigenvalue weighted by molar-refractivity contribution is 5.16. The molecule has 0 fully saturated rings. The summed E-state index contributed by atoms with van der Waals surface area (Å²) < 4.78 is 0. The van der Waals surface area contributed by atoms with E-state index in [9.17, 15) is 5.11 Å². The third-order valence-corrected chi connectivity index (χ3v) is 3.08. The Morgan fingerprint density at radius 1 is 1.18 bits per heavy atom. The van der Waals surface area contributed by atoms with E-state index in [0.29, 0.717) is 12.8 Å². The second-order valence-electron chi connectivity index (χ2n) is 4.48. The van der Waals surface area contributed by atoms with Gasteiger partial charge in [0.1, 0.15) is 11.6 Å². The summed E-state index contributed by atoms with van der Waals surface area (Å²) in [5, 5.41) is 10.5. The van der Waals surface area contributed by atoms with Crippen molar-refractivity contribution in [3.05, 3.63) is 61.2 Å². The summed E-state index contributed by atoms with van der Waals surface area (Å²) in [4.78, 5) is 0. The molecule has 1 atom stereocenters. The lowest BCUT2D eigenvalue weighted by molar-refractivity contribution is -0.453. The minimum Gasteiger partial charge on any atom is -0.383 e. The van der Waals surface area contributed by atoms with E-state index >= 15 is 0 Å². The Balaban J connectivity index is 2.74. The summed E-state index contributed by atoms with van der Waals surface area (Å²) >= 11 is 0. The third-order valence-electron chi connectivity index (χ3n) is 3.08. The summed E-state index contributed by atoms with van der Waals surface area (Å²) in [5.41, 5.74) is 4.46. The molecule has 0 spiro atoms. The van der Waals surface area contributed by atoms with E-state index in [0.717, 1.165) is 6.42 Å². The largest absolute Gasteiger partial charge is 0.383 e. The lowest BCUT2D eigenvalue weighted by Gasteiger charge is -2.29. The average molecular weight is 232 g/mol. The van der Waals surface area contributed by atoms with Crippen LogP contribution in [-0.2, 0) is 6.42 Å². The van der Waals surface area contributed by atoms with Crippen LogP contribution in [0, 0.1) is 0 Å². The molecule has 92 valence electrons. The molecule has 1 aromatic rings. The predicted molar refractivity (Wildman–Crippen MR) is 71.4 cm³/mol. The molecular weight excluding hydrogens is 210 g/mol. The van der Waals surface area contributed by atoms with Gasteiger partial charge in [0.25, 0.3) is 0 Å². The number of aliphatic hydroxyl groups is 1. The van der Waals surface area contributed by atoms with Crippen LogP contribution in [0.2, 0.25) is 0 Å². The Labute approximate surface area is 103 Å². The van der Waals surface area contributed by atoms with E-state index in [1.165, 1.54) is 5.56 Å². The monoisotopic (exact) mass is 232 g/mol. The molecule has 0 saturated heterocycles. The fraction of sp³-hybridized carbons (Fsp3) is 0.333. The zero-order valence-electron chi connectivity index (χ0n) is 10.3. The molecule has 0 aromatic heterocycles. The van der Waals surface area contributed by atoms with Crippen molar-refractivity contribution in [1.29, 1.82) is 0 Å². The molecule has 2 nitrogen and oxygen atoms in total. The van der Waals surface area contributed by atoms with Crippen LogP contribution >= 0.6 is 0 Å². The summed E-state index contributed by atoms with van der Waals surface area (Å²) in [5.74, 6) is 0. The van der Waals surface area contributed by atoms with Gasteiger partial charge in [0.2, 0.25) is 0 Å². The number of quaternary nitrogens is 1. The number of hydrogen-bond acceptors (Lipinski definition) is 1. The SMILES string of the molecule is C=CCC(O)(CC=C)C([NH3+])Cc1ccccc1. The van der Waals surface area contributed by atoms with Gasteiger partial charge < -0.3 is 10.8 Å². The molecule has 0 heterocycles. The zero-order chi connectivity index (χ0) is 12.7. The molecule has 0 bridgehead atoms. The molecule has 0 radical (unpaired) electrons. The average Bonchev–Trinajstić information content (AvgIpc) is 2.31. The fourth-order valence-electron chi connectivity index (χ4n) is 2.01. The molecule has 1 rings (SSSR count). The summed E-state index contributed by atoms with van der Waals surface area (Å²) in [6.45, 7) is 7.39. The van der Waals surface area contributed by atoms with Crippen molar-refractivity contribution in [1.82, 2.24) is 0 Å². The van der Waals surface area contributed by atoms with Crippen LogP contribution in [0.15, 0.2) is 55.6 Å². The first-order chi connectivity index (χ1) is 8.12. The summed E-state index contributed by atoms with van der Waals surface area (Å²) in [6, 6.07) is 10.0. The molecule has 17 heavy (non-hydrogen) atoms. The quantitative estimate of drug-likeness (QED) is 0.691. The molecule has 2 heteroatoms. The van der Waals surface area contributed by atoms with Gasteiger partial charge in [0.15, 0.2) is 0 Å². The zero-order valence-corrected chi connectivity index (χ0v) is 10.3. The normalized spacial score (nSPS) is 13.1. The van der Waals surface area contributed by atoms with Gasteiger partial charge >= 0.3 is 0 Å². The second-order valence-corrected chi connectivity index (χ2v) is 4.48. The Morgan fingerprint density at radius 2 is 1.71 bits per heavy atom. The molecule has 1 unspecified atom stereocenters. The van der Waals surface area contributed by atoms with Gasteiger partial charge in [-0.3, -0.25) is 0 Å². The van der Waals surface area contributed by atoms with Crippen molar-refractivity contribution in [2.24, 2.45) is 0 Å². The van der Waals surface area contributed by atoms with Gasteiger partial charge in [-0.25, -0.2) is 0 Å². The van der Waals surface area contributed by atoms with Crippen LogP contribution in [0.3, 0.4) is 0 Å². The van der Waals surface area contributed by atoms with Crippen molar-refractivity contribution in [3.8, 4) is 0 Å². The van der Waals surface area contributed by atoms with Crippen molar-refractivity contribution >= 4 is 0 Å². The van der Waals surface area contributed by atoms with Gasteiger partial charge in [0, 0.05) is 6.42 Å². The van der Waals surface area contributed by atoms with Crippen molar-refractivity contribution in [2.45, 2.75) is 30.9 Å². The second kappa shape index (κ2) is 6.38. The number of hydrogen-bond donors (Lipinski definition) is 2. The van der Waals surface area contributed by atoms with Gasteiger partial charge in [0.05, 0.1) is 0 Å². The first-order valence-electron chi connectivity index (χ1n) is 5.93. The first kappa shape index (κ1) is 13.7. The Hall–Kier alpha value is -1.38. The molecule has 1 aromatic carbocycles. The summed E-state index contributed by atoms with van der Waals surface area (Å²) in [6.07, 6.45) is 5.33. The highest BCUT2D eigenvalue weighted by Gasteiger charge is 2.34. The highest BCUT2D eigenvalue weighted by Crippen LogP contribution is 2.21. The van der Waals surface area contributed by atoms with Crippen LogP contribution < -0.4 is 5.73 Å². The minimum atomic E-state index is -0.834. The molecule has 0 aliphatic heterocycles. The molecular formula is C15H22NO+. The summed E-state index contributed by atoms with van der Waals surface area (Å²) in [7, 11) is 0. The minimum absolute atomic E-state index is 0.0686. The maximum Gasteiger partial charge on any atom is 0.123 e. The van der Waals surface area contributed by atoms with E-state index in [4.69, 9.17) is 0 Å². The predicted octanol–water partition coefficient (Wildman–Crippen LogP) is 1.72. The van der Waals surface area contributed by atoms with E-state index in [1.54, 1.807) is 12.2 Å². The number of benzene rings is 1. The van der Waals surface area contributed by atoms with E-state index < -0.39 is 5.60 Å². The highest BCUT2D eigenvalue weighted by atomic mass is 16.3. The van der Waals surface area contributed by atoms with E-state index in [2.05, 4.69) is 31.0 Å². The first-order valence-corrected chi connectivity index (χ1v) is 5.93. The molecule has 0 aliphatic rings. The van der Waals surface area contributed by atoms with Gasteiger partial charge in [-0.1, -0.05) is 42.5 Å². The Morgan fingerprint density at radius 3 is 2.18 bits per heavy atom. The third kappa shape index (κ3) is 3.84. The van der Waals surface area contributed by atoms with E-state index in [1.807, 2.05) is 18.2 Å². The van der Waals surface area contributed by atoms with Crippen LogP contribution in [0.5, 0.6) is 0 Å². The van der Waals surface area contributed by atoms with Crippen molar-refractivity contribution < 1.29 is 10.8 Å². The standard InChI is InChI=1S/C15H21NO/c1-3-10-15(17,11-4-2)14(16)12-13-8-6-5-7-9-13/h3-9,14,17H,1-2,10-12,16H2/p+1. The molecule has 0 aliphatic carbocycles. The number of rotatable bonds is 7. The molecule has 0 amide bonds. The Kier molecular flexibility index (Phi) is 5.13. The molecule has 0 saturated carbocycles. The van der Waals surface area contributed by atoms with Crippen molar-refractivity contribution in [3.63, 3.8) is 0 Å². The lowest BCUT2D eigenvalue weighted by Crippen LogP contribution is -2.72. The van der Waals surface area contributed by atoms with Gasteiger partial charge in [-0.2, -0.15) is 0 Å². The maximum atomic E-state index is 10.5. The van der Waals surface area contributed by atoms with Crippen LogP contribution in [0.25, 0.3) is 0 Å². The van der Waals surface area contributed by atoms with Gasteiger partial charge in [-0.15, -0.1) is 13.2 Å². The van der Waals surface area contributed by atoms with E-state index in [-0.39, 0.29) is 6.04 Å². The van der Waals surface area contributed by atoms with Crippen LogP contribution in [0.4, 0.5) is 0 Å².